The number of nitrogen functional groups attached to an aromatic ring is 1. The number of methoxy groups -OCH3 is 2. The SMILES string of the molecule is COc1cc(N)c(NCC(C)(C)NS(C)(=O)=O)cc1OC. The summed E-state index contributed by atoms with van der Waals surface area (Å²) in [6.07, 6.45) is 1.12. The third kappa shape index (κ3) is 5.31. The predicted molar refractivity (Wildman–Crippen MR) is 84.5 cm³/mol. The monoisotopic (exact) mass is 317 g/mol. The molecule has 0 aliphatic carbocycles. The molecule has 7 nitrogen and oxygen atoms in total. The fraction of sp³-hybridized carbons (Fsp3) is 0.538. The second-order valence-corrected chi connectivity index (χ2v) is 7.15. The molecule has 0 aliphatic heterocycles. The van der Waals surface area contributed by atoms with Crippen LogP contribution in [-0.4, -0.2) is 41.0 Å². The van der Waals surface area contributed by atoms with Crippen LogP contribution in [0.5, 0.6) is 11.5 Å². The van der Waals surface area contributed by atoms with Crippen LogP contribution in [0.4, 0.5) is 11.4 Å². The first kappa shape index (κ1) is 17.4. The Balaban J connectivity index is 2.89. The van der Waals surface area contributed by atoms with Gasteiger partial charge in [-0.1, -0.05) is 0 Å². The van der Waals surface area contributed by atoms with Crippen molar-refractivity contribution in [2.24, 2.45) is 0 Å². The number of rotatable bonds is 7. The molecule has 0 fully saturated rings. The molecule has 21 heavy (non-hydrogen) atoms. The van der Waals surface area contributed by atoms with E-state index in [0.717, 1.165) is 6.26 Å². The van der Waals surface area contributed by atoms with Crippen molar-refractivity contribution in [1.29, 1.82) is 0 Å². The molecule has 4 N–H and O–H groups in total. The fourth-order valence-corrected chi connectivity index (χ4v) is 2.98. The van der Waals surface area contributed by atoms with Crippen molar-refractivity contribution in [3.63, 3.8) is 0 Å². The second-order valence-electron chi connectivity index (χ2n) is 5.41. The lowest BCUT2D eigenvalue weighted by atomic mass is 10.1. The van der Waals surface area contributed by atoms with Gasteiger partial charge >= 0.3 is 0 Å². The minimum absolute atomic E-state index is 0.361. The number of anilines is 2. The average molecular weight is 317 g/mol. The molecule has 0 bridgehead atoms. The zero-order valence-electron chi connectivity index (χ0n) is 13.0. The molecule has 120 valence electrons. The van der Waals surface area contributed by atoms with Gasteiger partial charge in [0.15, 0.2) is 11.5 Å². The van der Waals surface area contributed by atoms with Crippen LogP contribution < -0.4 is 25.2 Å². The van der Waals surface area contributed by atoms with Crippen molar-refractivity contribution in [3.8, 4) is 11.5 Å². The van der Waals surface area contributed by atoms with Crippen LogP contribution in [0, 0.1) is 0 Å². The molecule has 0 saturated heterocycles. The van der Waals surface area contributed by atoms with Gasteiger partial charge in [-0.15, -0.1) is 0 Å². The molecule has 0 aliphatic rings. The average Bonchev–Trinajstić information content (AvgIpc) is 2.34. The van der Waals surface area contributed by atoms with E-state index in [-0.39, 0.29) is 0 Å². The Morgan fingerprint density at radius 3 is 2.19 bits per heavy atom. The van der Waals surface area contributed by atoms with Crippen molar-refractivity contribution in [3.05, 3.63) is 12.1 Å². The number of hydrogen-bond acceptors (Lipinski definition) is 6. The fourth-order valence-electron chi connectivity index (χ4n) is 1.90. The largest absolute Gasteiger partial charge is 0.493 e. The lowest BCUT2D eigenvalue weighted by molar-refractivity contribution is 0.355. The van der Waals surface area contributed by atoms with Gasteiger partial charge in [-0.05, 0) is 13.8 Å². The molecule has 0 spiro atoms. The Morgan fingerprint density at radius 1 is 1.19 bits per heavy atom. The van der Waals surface area contributed by atoms with E-state index in [2.05, 4.69) is 10.0 Å². The molecule has 1 aromatic carbocycles. The quantitative estimate of drug-likeness (QED) is 0.649. The highest BCUT2D eigenvalue weighted by atomic mass is 32.2. The maximum atomic E-state index is 11.3. The van der Waals surface area contributed by atoms with E-state index in [9.17, 15) is 8.42 Å². The van der Waals surface area contributed by atoms with Gasteiger partial charge in [-0.25, -0.2) is 13.1 Å². The van der Waals surface area contributed by atoms with Gasteiger partial charge in [-0.2, -0.15) is 0 Å². The zero-order chi connectivity index (χ0) is 16.3. The Hall–Kier alpha value is -1.67. The maximum absolute atomic E-state index is 11.3. The van der Waals surface area contributed by atoms with Gasteiger partial charge in [0.05, 0.1) is 31.9 Å². The highest BCUT2D eigenvalue weighted by molar-refractivity contribution is 7.88. The van der Waals surface area contributed by atoms with Crippen LogP contribution in [0.1, 0.15) is 13.8 Å². The van der Waals surface area contributed by atoms with Gasteiger partial charge < -0.3 is 20.5 Å². The number of ether oxygens (including phenoxy) is 2. The Labute approximate surface area is 125 Å². The molecule has 0 radical (unpaired) electrons. The number of sulfonamides is 1. The zero-order valence-corrected chi connectivity index (χ0v) is 13.8. The normalized spacial score (nSPS) is 12.0. The van der Waals surface area contributed by atoms with Gasteiger partial charge in [0.25, 0.3) is 0 Å². The van der Waals surface area contributed by atoms with Crippen LogP contribution >= 0.6 is 0 Å². The number of benzene rings is 1. The van der Waals surface area contributed by atoms with Gasteiger partial charge in [0.2, 0.25) is 10.0 Å². The molecule has 0 aromatic heterocycles. The first-order valence-electron chi connectivity index (χ1n) is 6.32. The van der Waals surface area contributed by atoms with Gasteiger partial charge in [0.1, 0.15) is 0 Å². The minimum atomic E-state index is -3.29. The standard InChI is InChI=1S/C13H23N3O4S/c1-13(2,16-21(5,17)18)8-15-10-7-12(20-4)11(19-3)6-9(10)14/h6-7,15-16H,8,14H2,1-5H3. The third-order valence-electron chi connectivity index (χ3n) is 2.74. The number of nitrogens with one attached hydrogen (secondary N) is 2. The molecule has 1 rings (SSSR count). The first-order chi connectivity index (χ1) is 9.58. The Morgan fingerprint density at radius 2 is 1.71 bits per heavy atom. The topological polar surface area (TPSA) is 103 Å². The van der Waals surface area contributed by atoms with Gasteiger partial charge in [-0.3, -0.25) is 0 Å². The second kappa shape index (κ2) is 6.40. The van der Waals surface area contributed by atoms with Gasteiger partial charge in [0, 0.05) is 24.2 Å². The summed E-state index contributed by atoms with van der Waals surface area (Å²) in [6.45, 7) is 3.91. The highest BCUT2D eigenvalue weighted by Gasteiger charge is 2.22. The van der Waals surface area contributed by atoms with E-state index in [1.165, 1.54) is 14.2 Å². The van der Waals surface area contributed by atoms with Crippen LogP contribution in [0.2, 0.25) is 0 Å². The summed E-state index contributed by atoms with van der Waals surface area (Å²) in [7, 11) is -0.220. The van der Waals surface area contributed by atoms with E-state index < -0.39 is 15.6 Å². The third-order valence-corrected chi connectivity index (χ3v) is 3.66. The molecule has 0 heterocycles. The van der Waals surface area contributed by atoms with Crippen molar-refractivity contribution >= 4 is 21.4 Å². The Bertz CT molecular complexity index is 600. The van der Waals surface area contributed by atoms with Crippen molar-refractivity contribution in [2.75, 3.05) is 38.1 Å². The van der Waals surface area contributed by atoms with E-state index >= 15 is 0 Å². The molecule has 8 heteroatoms. The molecule has 0 amide bonds. The summed E-state index contributed by atoms with van der Waals surface area (Å²) in [5, 5.41) is 3.11. The van der Waals surface area contributed by atoms with Crippen LogP contribution in [-0.2, 0) is 10.0 Å². The van der Waals surface area contributed by atoms with E-state index in [1.54, 1.807) is 26.0 Å². The number of hydrogen-bond donors (Lipinski definition) is 3. The summed E-state index contributed by atoms with van der Waals surface area (Å²) in [6, 6.07) is 3.36. The van der Waals surface area contributed by atoms with E-state index in [1.807, 2.05) is 0 Å². The number of nitrogens with two attached hydrogens (primary N) is 1. The molecule has 0 unspecified atom stereocenters. The first-order valence-corrected chi connectivity index (χ1v) is 8.21. The molecular weight excluding hydrogens is 294 g/mol. The van der Waals surface area contributed by atoms with E-state index in [4.69, 9.17) is 15.2 Å². The molecule has 0 saturated carbocycles. The summed E-state index contributed by atoms with van der Waals surface area (Å²) in [5.74, 6) is 1.08. The summed E-state index contributed by atoms with van der Waals surface area (Å²) in [5.41, 5.74) is 6.42. The predicted octanol–water partition coefficient (Wildman–Crippen LogP) is 1.03. The Kier molecular flexibility index (Phi) is 5.30. The molecular formula is C13H23N3O4S. The summed E-state index contributed by atoms with van der Waals surface area (Å²) >= 11 is 0. The van der Waals surface area contributed by atoms with Crippen molar-refractivity contribution in [2.45, 2.75) is 19.4 Å². The van der Waals surface area contributed by atoms with E-state index in [0.29, 0.717) is 29.4 Å². The van der Waals surface area contributed by atoms with Crippen molar-refractivity contribution < 1.29 is 17.9 Å². The lowest BCUT2D eigenvalue weighted by Gasteiger charge is -2.26. The lowest BCUT2D eigenvalue weighted by Crippen LogP contribution is -2.47. The minimum Gasteiger partial charge on any atom is -0.493 e. The maximum Gasteiger partial charge on any atom is 0.209 e. The molecule has 0 atom stereocenters. The highest BCUT2D eigenvalue weighted by Crippen LogP contribution is 2.34. The van der Waals surface area contributed by atoms with Crippen LogP contribution in [0.25, 0.3) is 0 Å². The molecule has 1 aromatic rings. The summed E-state index contributed by atoms with van der Waals surface area (Å²) < 4.78 is 35.5. The summed E-state index contributed by atoms with van der Waals surface area (Å²) in [4.78, 5) is 0. The smallest absolute Gasteiger partial charge is 0.209 e. The van der Waals surface area contributed by atoms with Crippen molar-refractivity contribution in [1.82, 2.24) is 4.72 Å². The van der Waals surface area contributed by atoms with Crippen LogP contribution in [0.15, 0.2) is 12.1 Å². The van der Waals surface area contributed by atoms with Crippen LogP contribution in [0.3, 0.4) is 0 Å².